The maximum atomic E-state index is 11.7. The summed E-state index contributed by atoms with van der Waals surface area (Å²) < 4.78 is 18.2. The van der Waals surface area contributed by atoms with Crippen LogP contribution in [0.3, 0.4) is 0 Å². The Morgan fingerprint density at radius 2 is 1.73 bits per heavy atom. The van der Waals surface area contributed by atoms with E-state index in [1.54, 1.807) is 0 Å². The van der Waals surface area contributed by atoms with E-state index in [-0.39, 0.29) is 0 Å². The monoisotopic (exact) mass is 237 g/mol. The Hall–Kier alpha value is 0.110. The molecule has 5 heteroatoms. The summed E-state index contributed by atoms with van der Waals surface area (Å²) in [5, 5.41) is 0. The van der Waals surface area contributed by atoms with Crippen LogP contribution in [0, 0.1) is 0 Å². The van der Waals surface area contributed by atoms with Crippen LogP contribution < -0.4 is 0 Å². The van der Waals surface area contributed by atoms with Crippen molar-refractivity contribution in [3.8, 4) is 0 Å². The molecule has 1 atom stereocenters. The van der Waals surface area contributed by atoms with Gasteiger partial charge in [-0.2, -0.15) is 0 Å². The highest BCUT2D eigenvalue weighted by atomic mass is 31.2. The van der Waals surface area contributed by atoms with Crippen molar-refractivity contribution in [1.29, 1.82) is 0 Å². The van der Waals surface area contributed by atoms with Gasteiger partial charge in [-0.15, -0.1) is 0 Å². The summed E-state index contributed by atoms with van der Waals surface area (Å²) >= 11 is 0. The van der Waals surface area contributed by atoms with Crippen molar-refractivity contribution in [1.82, 2.24) is 4.67 Å². The first-order valence-corrected chi connectivity index (χ1v) is 7.34. The Morgan fingerprint density at radius 1 is 1.13 bits per heavy atom. The summed E-state index contributed by atoms with van der Waals surface area (Å²) in [5.74, 6) is 0. The molecule has 92 valence electrons. The predicted molar refractivity (Wildman–Crippen MR) is 62.8 cm³/mol. The van der Waals surface area contributed by atoms with Gasteiger partial charge in [-0.3, -0.25) is 4.52 Å². The van der Waals surface area contributed by atoms with E-state index in [0.717, 1.165) is 25.7 Å². The zero-order valence-corrected chi connectivity index (χ0v) is 11.0. The van der Waals surface area contributed by atoms with Crippen LogP contribution in [-0.2, 0) is 9.09 Å². The zero-order chi connectivity index (χ0) is 11.7. The maximum absolute atomic E-state index is 11.7. The minimum atomic E-state index is -3.52. The molecule has 1 unspecified atom stereocenters. The topological polar surface area (TPSA) is 49.8 Å². The molecular weight excluding hydrogens is 213 g/mol. The average Bonchev–Trinajstić information content (AvgIpc) is 2.18. The highest BCUT2D eigenvalue weighted by Gasteiger charge is 2.26. The van der Waals surface area contributed by atoms with Crippen LogP contribution in [0.15, 0.2) is 0 Å². The fraction of sp³-hybridized carbons (Fsp3) is 1.00. The third-order valence-electron chi connectivity index (χ3n) is 2.34. The minimum absolute atomic E-state index is 0.379. The van der Waals surface area contributed by atoms with Crippen LogP contribution in [-0.4, -0.2) is 29.3 Å². The second-order valence-electron chi connectivity index (χ2n) is 3.52. The molecule has 0 aromatic rings. The molecule has 0 bridgehead atoms. The number of unbranched alkanes of at least 4 members (excludes halogenated alkanes) is 3. The summed E-state index contributed by atoms with van der Waals surface area (Å²) in [7, 11) is -3.52. The van der Waals surface area contributed by atoms with Crippen molar-refractivity contribution in [2.45, 2.75) is 46.5 Å². The quantitative estimate of drug-likeness (QED) is 0.494. The van der Waals surface area contributed by atoms with Crippen LogP contribution >= 0.6 is 7.75 Å². The zero-order valence-electron chi connectivity index (χ0n) is 10.1. The summed E-state index contributed by atoms with van der Waals surface area (Å²) in [6, 6.07) is 0. The van der Waals surface area contributed by atoms with E-state index < -0.39 is 7.75 Å². The molecule has 0 aliphatic carbocycles. The number of rotatable bonds is 9. The first-order valence-electron chi connectivity index (χ1n) is 5.81. The fourth-order valence-electron chi connectivity index (χ4n) is 1.37. The van der Waals surface area contributed by atoms with Crippen molar-refractivity contribution < 1.29 is 14.0 Å². The lowest BCUT2D eigenvalue weighted by Gasteiger charge is -2.23. The largest absolute Gasteiger partial charge is 0.405 e. The molecule has 0 aromatic heterocycles. The molecule has 4 nitrogen and oxygen atoms in total. The molecule has 0 spiro atoms. The van der Waals surface area contributed by atoms with Gasteiger partial charge in [0.25, 0.3) is 0 Å². The van der Waals surface area contributed by atoms with E-state index in [0.29, 0.717) is 19.7 Å². The van der Waals surface area contributed by atoms with Gasteiger partial charge < -0.3 is 4.89 Å². The summed E-state index contributed by atoms with van der Waals surface area (Å²) in [6.45, 7) is 7.30. The lowest BCUT2D eigenvalue weighted by molar-refractivity contribution is 0.202. The molecule has 0 saturated heterocycles. The van der Waals surface area contributed by atoms with E-state index in [2.05, 4.69) is 6.92 Å². The van der Waals surface area contributed by atoms with E-state index >= 15 is 0 Å². The number of hydrogen-bond acceptors (Lipinski definition) is 2. The van der Waals surface area contributed by atoms with Crippen molar-refractivity contribution >= 4 is 7.75 Å². The van der Waals surface area contributed by atoms with Gasteiger partial charge in [-0.05, 0) is 6.42 Å². The van der Waals surface area contributed by atoms with Crippen molar-refractivity contribution in [2.24, 2.45) is 0 Å². The number of nitrogens with zero attached hydrogens (tertiary/aromatic N) is 1. The first-order chi connectivity index (χ1) is 7.08. The molecule has 0 amide bonds. The van der Waals surface area contributed by atoms with Crippen molar-refractivity contribution in [2.75, 3.05) is 19.7 Å². The normalized spacial score (nSPS) is 15.5. The molecule has 0 aliphatic rings. The van der Waals surface area contributed by atoms with Gasteiger partial charge >= 0.3 is 7.75 Å². The van der Waals surface area contributed by atoms with E-state index in [4.69, 9.17) is 4.52 Å². The molecule has 0 saturated carbocycles. The summed E-state index contributed by atoms with van der Waals surface area (Å²) in [6.07, 6.45) is 4.24. The van der Waals surface area contributed by atoms with E-state index in [1.807, 2.05) is 13.8 Å². The standard InChI is InChI=1S/C10H24NO3P/c1-4-7-8-9-10-14-15(12,13)11(5-2)6-3/h4-10H2,1-3H3,(H,12,13). The summed E-state index contributed by atoms with van der Waals surface area (Å²) in [5.41, 5.74) is 0. The lowest BCUT2D eigenvalue weighted by atomic mass is 10.2. The Labute approximate surface area is 93.2 Å². The van der Waals surface area contributed by atoms with Crippen LogP contribution in [0.25, 0.3) is 0 Å². The Morgan fingerprint density at radius 3 is 2.20 bits per heavy atom. The smallest absolute Gasteiger partial charge is 0.312 e. The third-order valence-corrected chi connectivity index (χ3v) is 4.14. The van der Waals surface area contributed by atoms with E-state index in [1.165, 1.54) is 4.67 Å². The highest BCUT2D eigenvalue weighted by Crippen LogP contribution is 2.45. The Bertz CT molecular complexity index is 195. The molecule has 0 radical (unpaired) electrons. The Kier molecular flexibility index (Phi) is 8.34. The molecule has 15 heavy (non-hydrogen) atoms. The van der Waals surface area contributed by atoms with E-state index in [9.17, 15) is 9.46 Å². The van der Waals surface area contributed by atoms with Gasteiger partial charge in [0, 0.05) is 13.1 Å². The van der Waals surface area contributed by atoms with Crippen LogP contribution in [0.2, 0.25) is 0 Å². The molecule has 0 aromatic carbocycles. The second-order valence-corrected chi connectivity index (χ2v) is 5.33. The minimum Gasteiger partial charge on any atom is -0.312 e. The predicted octanol–water partition coefficient (Wildman–Crippen LogP) is 3.03. The van der Waals surface area contributed by atoms with Gasteiger partial charge in [0.05, 0.1) is 6.61 Å². The highest BCUT2D eigenvalue weighted by molar-refractivity contribution is 7.50. The first kappa shape index (κ1) is 15.1. The lowest BCUT2D eigenvalue weighted by Crippen LogP contribution is -2.20. The average molecular weight is 237 g/mol. The van der Waals surface area contributed by atoms with Gasteiger partial charge in [0.1, 0.15) is 0 Å². The van der Waals surface area contributed by atoms with Gasteiger partial charge in [0.2, 0.25) is 0 Å². The molecule has 0 fully saturated rings. The maximum Gasteiger partial charge on any atom is 0.405 e. The molecular formula is C10H24NO3P. The van der Waals surface area contributed by atoms with Gasteiger partial charge in [-0.25, -0.2) is 9.24 Å². The molecule has 1 N–H and O–H groups in total. The fourth-order valence-corrected chi connectivity index (χ4v) is 2.62. The third kappa shape index (κ3) is 6.31. The summed E-state index contributed by atoms with van der Waals surface area (Å²) in [4.78, 5) is 9.59. The molecule has 0 rings (SSSR count). The van der Waals surface area contributed by atoms with Crippen LogP contribution in [0.4, 0.5) is 0 Å². The van der Waals surface area contributed by atoms with Crippen LogP contribution in [0.1, 0.15) is 46.5 Å². The van der Waals surface area contributed by atoms with Gasteiger partial charge in [0.15, 0.2) is 0 Å². The molecule has 0 heterocycles. The van der Waals surface area contributed by atoms with Crippen molar-refractivity contribution in [3.63, 3.8) is 0 Å². The Balaban J connectivity index is 3.77. The van der Waals surface area contributed by atoms with Crippen LogP contribution in [0.5, 0.6) is 0 Å². The van der Waals surface area contributed by atoms with Gasteiger partial charge in [-0.1, -0.05) is 40.0 Å². The second kappa shape index (κ2) is 8.28. The van der Waals surface area contributed by atoms with Crippen molar-refractivity contribution in [3.05, 3.63) is 0 Å². The molecule has 0 aliphatic heterocycles. The number of hydrogen-bond donors (Lipinski definition) is 1. The SMILES string of the molecule is CCCCCCOP(=O)(O)N(CC)CC.